The average Bonchev–Trinajstić information content (AvgIpc) is 2.87. The van der Waals surface area contributed by atoms with Crippen molar-refractivity contribution in [1.29, 1.82) is 0 Å². The number of nitrogens with one attached hydrogen (secondary N) is 1. The molecule has 0 bridgehead atoms. The third-order valence-electron chi connectivity index (χ3n) is 6.23. The maximum Gasteiger partial charge on any atom is 0.243 e. The van der Waals surface area contributed by atoms with Crippen molar-refractivity contribution < 1.29 is 9.59 Å². The fraction of sp³-hybridized carbons (Fsp3) is 0.333. The number of hydrogen-bond acceptors (Lipinski definition) is 2. The Kier molecular flexibility index (Phi) is 10.4. The van der Waals surface area contributed by atoms with Crippen LogP contribution in [0.3, 0.4) is 0 Å². The minimum atomic E-state index is -0.655. The number of carbonyl (C=O) groups excluding carboxylic acids is 2. The van der Waals surface area contributed by atoms with E-state index in [0.717, 1.165) is 16.7 Å². The third kappa shape index (κ3) is 7.84. The summed E-state index contributed by atoms with van der Waals surface area (Å²) in [6.45, 7) is 6.95. The number of carbonyl (C=O) groups is 2. The first-order chi connectivity index (χ1) is 17.3. The lowest BCUT2D eigenvalue weighted by Crippen LogP contribution is -2.50. The SMILES string of the molecule is CCNC(=O)C(Cc1ccccc1)N(Cc1ccc(Cl)c(Cl)c1)C(=O)CCc1ccc(C(C)C)cc1. The van der Waals surface area contributed by atoms with Crippen LogP contribution in [-0.2, 0) is 29.0 Å². The highest BCUT2D eigenvalue weighted by molar-refractivity contribution is 6.42. The van der Waals surface area contributed by atoms with Gasteiger partial charge in [0.1, 0.15) is 6.04 Å². The summed E-state index contributed by atoms with van der Waals surface area (Å²) in [5.41, 5.74) is 4.18. The van der Waals surface area contributed by atoms with Crippen molar-refractivity contribution in [2.45, 2.75) is 58.5 Å². The van der Waals surface area contributed by atoms with Crippen LogP contribution in [-0.4, -0.2) is 29.3 Å². The standard InChI is InChI=1S/C30H34Cl2N2O2/c1-4-33-30(36)28(19-23-8-6-5-7-9-23)34(20-24-12-16-26(31)27(32)18-24)29(35)17-13-22-10-14-25(15-11-22)21(2)3/h5-12,14-16,18,21,28H,4,13,17,19-20H2,1-3H3,(H,33,36). The van der Waals surface area contributed by atoms with Crippen LogP contribution in [0.25, 0.3) is 0 Å². The lowest BCUT2D eigenvalue weighted by molar-refractivity contribution is -0.141. The molecule has 0 aliphatic heterocycles. The quantitative estimate of drug-likeness (QED) is 0.299. The van der Waals surface area contributed by atoms with Crippen molar-refractivity contribution in [3.8, 4) is 0 Å². The Morgan fingerprint density at radius 1 is 0.861 bits per heavy atom. The summed E-state index contributed by atoms with van der Waals surface area (Å²) in [7, 11) is 0. The van der Waals surface area contributed by atoms with E-state index >= 15 is 0 Å². The first kappa shape index (κ1) is 27.8. The van der Waals surface area contributed by atoms with Crippen molar-refractivity contribution >= 4 is 35.0 Å². The predicted octanol–water partition coefficient (Wildman–Crippen LogP) is 6.83. The van der Waals surface area contributed by atoms with E-state index in [1.165, 1.54) is 5.56 Å². The van der Waals surface area contributed by atoms with E-state index < -0.39 is 6.04 Å². The summed E-state index contributed by atoms with van der Waals surface area (Å²) in [6.07, 6.45) is 1.32. The zero-order valence-electron chi connectivity index (χ0n) is 21.1. The van der Waals surface area contributed by atoms with Gasteiger partial charge in [0.2, 0.25) is 11.8 Å². The number of nitrogens with zero attached hydrogens (tertiary/aromatic N) is 1. The molecule has 0 aliphatic rings. The molecule has 1 N–H and O–H groups in total. The van der Waals surface area contributed by atoms with Crippen molar-refractivity contribution in [3.63, 3.8) is 0 Å². The Morgan fingerprint density at radius 2 is 1.53 bits per heavy atom. The predicted molar refractivity (Wildman–Crippen MR) is 148 cm³/mol. The molecule has 3 aromatic carbocycles. The molecule has 4 nitrogen and oxygen atoms in total. The number of likely N-dealkylation sites (N-methyl/N-ethyl adjacent to an activating group) is 1. The number of hydrogen-bond donors (Lipinski definition) is 1. The van der Waals surface area contributed by atoms with Gasteiger partial charge in [-0.2, -0.15) is 0 Å². The molecule has 1 atom stereocenters. The minimum absolute atomic E-state index is 0.0822. The largest absolute Gasteiger partial charge is 0.355 e. The summed E-state index contributed by atoms with van der Waals surface area (Å²) in [5, 5.41) is 3.79. The summed E-state index contributed by atoms with van der Waals surface area (Å²) < 4.78 is 0. The van der Waals surface area contributed by atoms with Gasteiger partial charge in [-0.15, -0.1) is 0 Å². The van der Waals surface area contributed by atoms with Crippen molar-refractivity contribution in [3.05, 3.63) is 105 Å². The van der Waals surface area contributed by atoms with Gasteiger partial charge in [-0.3, -0.25) is 9.59 Å². The zero-order valence-corrected chi connectivity index (χ0v) is 22.6. The van der Waals surface area contributed by atoms with Crippen LogP contribution in [0.4, 0.5) is 0 Å². The van der Waals surface area contributed by atoms with Crippen LogP contribution in [0.1, 0.15) is 55.4 Å². The number of amides is 2. The van der Waals surface area contributed by atoms with Gasteiger partial charge in [-0.05, 0) is 53.6 Å². The molecule has 3 rings (SSSR count). The van der Waals surface area contributed by atoms with E-state index in [-0.39, 0.29) is 18.4 Å². The molecule has 0 spiro atoms. The zero-order chi connectivity index (χ0) is 26.1. The molecule has 2 amide bonds. The molecular formula is C30H34Cl2N2O2. The van der Waals surface area contributed by atoms with Crippen LogP contribution >= 0.6 is 23.2 Å². The molecule has 6 heteroatoms. The molecule has 0 aliphatic carbocycles. The first-order valence-corrected chi connectivity index (χ1v) is 13.2. The van der Waals surface area contributed by atoms with Gasteiger partial charge in [0.25, 0.3) is 0 Å². The fourth-order valence-electron chi connectivity index (χ4n) is 4.14. The Bertz CT molecular complexity index is 1150. The molecule has 190 valence electrons. The number of rotatable bonds is 11. The van der Waals surface area contributed by atoms with Gasteiger partial charge in [0, 0.05) is 25.9 Å². The van der Waals surface area contributed by atoms with Gasteiger partial charge in [-0.1, -0.05) is 97.7 Å². The lowest BCUT2D eigenvalue weighted by Gasteiger charge is -2.31. The monoisotopic (exact) mass is 524 g/mol. The smallest absolute Gasteiger partial charge is 0.243 e. The number of aryl methyl sites for hydroxylation is 1. The second kappa shape index (κ2) is 13.5. The van der Waals surface area contributed by atoms with Crippen LogP contribution in [0.15, 0.2) is 72.8 Å². The van der Waals surface area contributed by atoms with Gasteiger partial charge < -0.3 is 10.2 Å². The Labute approximate surface area is 224 Å². The highest BCUT2D eigenvalue weighted by Gasteiger charge is 2.30. The van der Waals surface area contributed by atoms with Gasteiger partial charge >= 0.3 is 0 Å². The van der Waals surface area contributed by atoms with Crippen LogP contribution < -0.4 is 5.32 Å². The maximum atomic E-state index is 13.7. The molecular weight excluding hydrogens is 491 g/mol. The molecule has 0 heterocycles. The topological polar surface area (TPSA) is 49.4 Å². The molecule has 36 heavy (non-hydrogen) atoms. The van der Waals surface area contributed by atoms with E-state index in [2.05, 4.69) is 43.4 Å². The van der Waals surface area contributed by atoms with Crippen molar-refractivity contribution in [2.24, 2.45) is 0 Å². The van der Waals surface area contributed by atoms with E-state index in [9.17, 15) is 9.59 Å². The van der Waals surface area contributed by atoms with Gasteiger partial charge in [0.05, 0.1) is 10.0 Å². The second-order valence-corrected chi connectivity index (χ2v) is 10.1. The Morgan fingerprint density at radius 3 is 2.14 bits per heavy atom. The molecule has 0 saturated carbocycles. The maximum absolute atomic E-state index is 13.7. The number of benzene rings is 3. The summed E-state index contributed by atoms with van der Waals surface area (Å²) >= 11 is 12.4. The number of halogens is 2. The second-order valence-electron chi connectivity index (χ2n) is 9.27. The Balaban J connectivity index is 1.88. The molecule has 3 aromatic rings. The van der Waals surface area contributed by atoms with Crippen LogP contribution in [0.5, 0.6) is 0 Å². The van der Waals surface area contributed by atoms with Crippen molar-refractivity contribution in [2.75, 3.05) is 6.54 Å². The van der Waals surface area contributed by atoms with Gasteiger partial charge in [0.15, 0.2) is 0 Å². The first-order valence-electron chi connectivity index (χ1n) is 12.4. The van der Waals surface area contributed by atoms with Crippen LogP contribution in [0.2, 0.25) is 10.0 Å². The van der Waals surface area contributed by atoms with E-state index in [1.807, 2.05) is 43.3 Å². The van der Waals surface area contributed by atoms with E-state index in [4.69, 9.17) is 23.2 Å². The summed E-state index contributed by atoms with van der Waals surface area (Å²) in [4.78, 5) is 28.6. The molecule has 0 aromatic heterocycles. The minimum Gasteiger partial charge on any atom is -0.355 e. The third-order valence-corrected chi connectivity index (χ3v) is 6.97. The summed E-state index contributed by atoms with van der Waals surface area (Å²) in [6, 6.07) is 22.8. The Hall–Kier alpha value is -2.82. The normalized spacial score (nSPS) is 11.8. The fourth-order valence-corrected chi connectivity index (χ4v) is 4.47. The summed E-state index contributed by atoms with van der Waals surface area (Å²) in [5.74, 6) is 0.204. The lowest BCUT2D eigenvalue weighted by atomic mass is 9.99. The van der Waals surface area contributed by atoms with E-state index in [1.54, 1.807) is 17.0 Å². The van der Waals surface area contributed by atoms with Crippen LogP contribution in [0, 0.1) is 0 Å². The highest BCUT2D eigenvalue weighted by atomic mass is 35.5. The molecule has 1 unspecified atom stereocenters. The van der Waals surface area contributed by atoms with E-state index in [0.29, 0.717) is 41.8 Å². The highest BCUT2D eigenvalue weighted by Crippen LogP contribution is 2.25. The molecule has 0 fully saturated rings. The van der Waals surface area contributed by atoms with Gasteiger partial charge in [-0.25, -0.2) is 0 Å². The average molecular weight is 526 g/mol. The van der Waals surface area contributed by atoms with Crippen molar-refractivity contribution in [1.82, 2.24) is 10.2 Å². The molecule has 0 radical (unpaired) electrons. The molecule has 0 saturated heterocycles.